The molecule has 4 rings (SSSR count). The number of amides is 1. The van der Waals surface area contributed by atoms with Gasteiger partial charge in [0.05, 0.1) is 5.52 Å². The fourth-order valence-corrected chi connectivity index (χ4v) is 3.38. The van der Waals surface area contributed by atoms with Crippen LogP contribution in [0.3, 0.4) is 0 Å². The maximum Gasteiger partial charge on any atom is 0.420 e. The van der Waals surface area contributed by atoms with Crippen LogP contribution in [0.2, 0.25) is 0 Å². The summed E-state index contributed by atoms with van der Waals surface area (Å²) in [5.74, 6) is -0.154. The molecular weight excluding hydrogens is 304 g/mol. The third-order valence-corrected chi connectivity index (χ3v) is 4.68. The Kier molecular flexibility index (Phi) is 3.69. The summed E-state index contributed by atoms with van der Waals surface area (Å²) in [7, 11) is 0. The maximum atomic E-state index is 12.6. The number of benzene rings is 2. The number of hydrogen-bond donors (Lipinski definition) is 0. The van der Waals surface area contributed by atoms with Gasteiger partial charge in [0.15, 0.2) is 5.58 Å². The average molecular weight is 322 g/mol. The van der Waals surface area contributed by atoms with Crippen molar-refractivity contribution in [2.75, 3.05) is 13.1 Å². The first-order valence-corrected chi connectivity index (χ1v) is 8.13. The van der Waals surface area contributed by atoms with Crippen LogP contribution in [0.5, 0.6) is 0 Å². The molecule has 1 aliphatic heterocycles. The number of carbonyl (C=O) groups excluding carboxylic acids is 1. The lowest BCUT2D eigenvalue weighted by Crippen LogP contribution is -2.34. The molecule has 1 aromatic heterocycles. The van der Waals surface area contributed by atoms with E-state index >= 15 is 0 Å². The van der Waals surface area contributed by atoms with Gasteiger partial charge in [-0.05, 0) is 24.1 Å². The first kappa shape index (κ1) is 14.8. The zero-order valence-corrected chi connectivity index (χ0v) is 13.2. The molecule has 2 aromatic carbocycles. The Hall–Kier alpha value is -2.82. The Labute approximate surface area is 139 Å². The second-order valence-electron chi connectivity index (χ2n) is 6.16. The van der Waals surface area contributed by atoms with E-state index in [0.717, 1.165) is 13.0 Å². The summed E-state index contributed by atoms with van der Waals surface area (Å²) in [6.07, 6.45) is 0.955. The van der Waals surface area contributed by atoms with Gasteiger partial charge in [-0.2, -0.15) is 0 Å². The molecule has 1 atom stereocenters. The number of fused-ring (bicyclic) bond motifs is 1. The number of nitrogens with zero attached hydrogens (tertiary/aromatic N) is 2. The van der Waals surface area contributed by atoms with Crippen molar-refractivity contribution < 1.29 is 9.21 Å². The Balaban J connectivity index is 1.51. The van der Waals surface area contributed by atoms with Crippen molar-refractivity contribution >= 4 is 17.0 Å². The molecule has 24 heavy (non-hydrogen) atoms. The molecule has 0 bridgehead atoms. The highest BCUT2D eigenvalue weighted by Gasteiger charge is 2.27. The van der Waals surface area contributed by atoms with Gasteiger partial charge in [-0.15, -0.1) is 0 Å². The normalized spacial score (nSPS) is 17.5. The molecule has 0 aliphatic carbocycles. The smallest absolute Gasteiger partial charge is 0.408 e. The lowest BCUT2D eigenvalue weighted by Gasteiger charge is -2.17. The zero-order chi connectivity index (χ0) is 16.5. The van der Waals surface area contributed by atoms with Gasteiger partial charge in [0.1, 0.15) is 6.54 Å². The summed E-state index contributed by atoms with van der Waals surface area (Å²) in [4.78, 5) is 26.4. The van der Waals surface area contributed by atoms with Crippen molar-refractivity contribution in [3.63, 3.8) is 0 Å². The summed E-state index contributed by atoms with van der Waals surface area (Å²) < 4.78 is 6.60. The molecular formula is C19H18N2O3. The Bertz CT molecular complexity index is 926. The molecule has 3 aromatic rings. The van der Waals surface area contributed by atoms with Gasteiger partial charge < -0.3 is 9.32 Å². The van der Waals surface area contributed by atoms with Gasteiger partial charge in [-0.25, -0.2) is 4.79 Å². The van der Waals surface area contributed by atoms with Gasteiger partial charge in [0.2, 0.25) is 5.91 Å². The predicted molar refractivity (Wildman–Crippen MR) is 90.9 cm³/mol. The van der Waals surface area contributed by atoms with E-state index in [9.17, 15) is 9.59 Å². The van der Waals surface area contributed by atoms with E-state index in [4.69, 9.17) is 4.42 Å². The summed E-state index contributed by atoms with van der Waals surface area (Å²) in [6.45, 7) is 1.45. The van der Waals surface area contributed by atoms with E-state index < -0.39 is 5.76 Å². The number of likely N-dealkylation sites (tertiary alicyclic amines) is 1. The zero-order valence-electron chi connectivity index (χ0n) is 13.2. The van der Waals surface area contributed by atoms with Crippen LogP contribution < -0.4 is 5.76 Å². The Morgan fingerprint density at radius 1 is 1.08 bits per heavy atom. The maximum absolute atomic E-state index is 12.6. The van der Waals surface area contributed by atoms with Crippen LogP contribution in [0.1, 0.15) is 17.9 Å². The summed E-state index contributed by atoms with van der Waals surface area (Å²) in [5, 5.41) is 0. The van der Waals surface area contributed by atoms with Crippen LogP contribution >= 0.6 is 0 Å². The highest BCUT2D eigenvalue weighted by molar-refractivity contribution is 5.79. The fraction of sp³-hybridized carbons (Fsp3) is 0.263. The highest BCUT2D eigenvalue weighted by atomic mass is 16.4. The van der Waals surface area contributed by atoms with Crippen molar-refractivity contribution in [1.29, 1.82) is 0 Å². The van der Waals surface area contributed by atoms with Crippen LogP contribution in [-0.2, 0) is 11.3 Å². The predicted octanol–water partition coefficient (Wildman–Crippen LogP) is 2.61. The minimum atomic E-state index is -0.483. The first-order chi connectivity index (χ1) is 11.7. The van der Waals surface area contributed by atoms with E-state index in [1.54, 1.807) is 12.1 Å². The fourth-order valence-electron chi connectivity index (χ4n) is 3.38. The molecule has 0 radical (unpaired) electrons. The second-order valence-corrected chi connectivity index (χ2v) is 6.16. The quantitative estimate of drug-likeness (QED) is 0.745. The third kappa shape index (κ3) is 2.62. The number of rotatable bonds is 3. The van der Waals surface area contributed by atoms with E-state index in [1.165, 1.54) is 10.1 Å². The molecule has 122 valence electrons. The number of carbonyl (C=O) groups is 1. The monoisotopic (exact) mass is 322 g/mol. The summed E-state index contributed by atoms with van der Waals surface area (Å²) >= 11 is 0. The first-order valence-electron chi connectivity index (χ1n) is 8.13. The van der Waals surface area contributed by atoms with Crippen LogP contribution in [0.15, 0.2) is 63.8 Å². The van der Waals surface area contributed by atoms with E-state index in [-0.39, 0.29) is 12.5 Å². The van der Waals surface area contributed by atoms with Crippen LogP contribution in [0, 0.1) is 0 Å². The van der Waals surface area contributed by atoms with Gasteiger partial charge >= 0.3 is 5.76 Å². The molecule has 0 N–H and O–H groups in total. The Morgan fingerprint density at radius 3 is 2.67 bits per heavy atom. The molecule has 1 aliphatic rings. The van der Waals surface area contributed by atoms with Gasteiger partial charge in [0.25, 0.3) is 0 Å². The topological polar surface area (TPSA) is 55.5 Å². The number of para-hydroxylation sites is 2. The Morgan fingerprint density at radius 2 is 1.83 bits per heavy atom. The third-order valence-electron chi connectivity index (χ3n) is 4.68. The van der Waals surface area contributed by atoms with Crippen molar-refractivity contribution in [2.24, 2.45) is 0 Å². The van der Waals surface area contributed by atoms with Gasteiger partial charge in [-0.3, -0.25) is 9.36 Å². The molecule has 0 saturated carbocycles. The second kappa shape index (κ2) is 6.00. The van der Waals surface area contributed by atoms with Crippen molar-refractivity contribution in [2.45, 2.75) is 18.9 Å². The van der Waals surface area contributed by atoms with Gasteiger partial charge in [0, 0.05) is 19.0 Å². The van der Waals surface area contributed by atoms with Crippen LogP contribution in [0.4, 0.5) is 0 Å². The largest absolute Gasteiger partial charge is 0.420 e. The van der Waals surface area contributed by atoms with E-state index in [2.05, 4.69) is 12.1 Å². The average Bonchev–Trinajstić information content (AvgIpc) is 3.21. The molecule has 1 unspecified atom stereocenters. The summed E-state index contributed by atoms with van der Waals surface area (Å²) in [6, 6.07) is 17.4. The number of aromatic nitrogens is 1. The minimum Gasteiger partial charge on any atom is -0.408 e. The number of hydrogen-bond acceptors (Lipinski definition) is 3. The molecule has 1 fully saturated rings. The van der Waals surface area contributed by atoms with Gasteiger partial charge in [-0.1, -0.05) is 42.5 Å². The van der Waals surface area contributed by atoms with E-state index in [1.807, 2.05) is 35.2 Å². The standard InChI is InChI=1S/C19H18N2O3/c22-18(13-21-16-8-4-5-9-17(16)24-19(21)23)20-11-10-15(12-20)14-6-2-1-3-7-14/h1-9,15H,10-13H2. The van der Waals surface area contributed by atoms with Crippen molar-refractivity contribution in [1.82, 2.24) is 9.47 Å². The van der Waals surface area contributed by atoms with Crippen molar-refractivity contribution in [3.8, 4) is 0 Å². The molecule has 0 spiro atoms. The molecule has 1 saturated heterocycles. The van der Waals surface area contributed by atoms with Crippen LogP contribution in [0.25, 0.3) is 11.1 Å². The molecule has 1 amide bonds. The SMILES string of the molecule is O=C(Cn1c(=O)oc2ccccc21)N1CCC(c2ccccc2)C1. The number of oxazole rings is 1. The molecule has 5 heteroatoms. The lowest BCUT2D eigenvalue weighted by atomic mass is 9.99. The molecule has 5 nitrogen and oxygen atoms in total. The van der Waals surface area contributed by atoms with Crippen LogP contribution in [-0.4, -0.2) is 28.5 Å². The van der Waals surface area contributed by atoms with Crippen molar-refractivity contribution in [3.05, 3.63) is 70.7 Å². The van der Waals surface area contributed by atoms with E-state index in [0.29, 0.717) is 23.6 Å². The molecule has 2 heterocycles. The lowest BCUT2D eigenvalue weighted by molar-refractivity contribution is -0.130. The minimum absolute atomic E-state index is 0.0252. The summed E-state index contributed by atoms with van der Waals surface area (Å²) in [5.41, 5.74) is 2.44. The highest BCUT2D eigenvalue weighted by Crippen LogP contribution is 2.27.